The number of hydrogen-bond acceptors (Lipinski definition) is 4. The molecule has 0 fully saturated rings. The van der Waals surface area contributed by atoms with E-state index < -0.39 is 0 Å². The van der Waals surface area contributed by atoms with E-state index in [-0.39, 0.29) is 0 Å². The van der Waals surface area contributed by atoms with Crippen molar-refractivity contribution in [3.63, 3.8) is 0 Å². The minimum Gasteiger partial charge on any atom is -0.493 e. The summed E-state index contributed by atoms with van der Waals surface area (Å²) in [4.78, 5) is 1.38. The summed E-state index contributed by atoms with van der Waals surface area (Å²) in [5.74, 6) is 5.40. The Morgan fingerprint density at radius 3 is 1.85 bits per heavy atom. The molecule has 2 aromatic heterocycles. The van der Waals surface area contributed by atoms with E-state index in [0.29, 0.717) is 0 Å². The third-order valence-electron chi connectivity index (χ3n) is 4.66. The maximum Gasteiger partial charge on any atom is 0.160 e. The predicted octanol–water partition coefficient (Wildman–Crippen LogP) is 3.33. The molecule has 0 amide bonds. The van der Waals surface area contributed by atoms with Crippen LogP contribution in [0.2, 0.25) is 0 Å². The summed E-state index contributed by atoms with van der Waals surface area (Å²) in [6, 6.07) is 14.2. The Kier molecular flexibility index (Phi) is 6.24. The Morgan fingerprint density at radius 2 is 1.37 bits per heavy atom. The van der Waals surface area contributed by atoms with Crippen LogP contribution in [-0.4, -0.2) is 20.8 Å². The van der Waals surface area contributed by atoms with Gasteiger partial charge in [0.1, 0.15) is 24.6 Å². The normalized spacial score (nSPS) is 11.1. The topological polar surface area (TPSA) is 49.2 Å². The second-order valence-corrected chi connectivity index (χ2v) is 6.82. The van der Waals surface area contributed by atoms with E-state index in [2.05, 4.69) is 18.2 Å². The zero-order valence-corrected chi connectivity index (χ0v) is 16.5. The maximum absolute atomic E-state index is 5.79. The van der Waals surface area contributed by atoms with E-state index in [1.54, 1.807) is 14.2 Å². The van der Waals surface area contributed by atoms with Gasteiger partial charge in [-0.3, -0.25) is 0 Å². The van der Waals surface area contributed by atoms with Crippen LogP contribution in [-0.2, 0) is 19.5 Å². The number of nitrogens with one attached hydrogen (secondary N) is 1. The van der Waals surface area contributed by atoms with E-state index in [1.165, 1.54) is 10.5 Å². The lowest BCUT2D eigenvalue weighted by molar-refractivity contribution is -0.929. The third kappa shape index (κ3) is 5.17. The van der Waals surface area contributed by atoms with Crippen LogP contribution >= 0.6 is 0 Å². The van der Waals surface area contributed by atoms with Gasteiger partial charge in [-0.2, -0.15) is 0 Å². The van der Waals surface area contributed by atoms with E-state index in [9.17, 15) is 0 Å². The van der Waals surface area contributed by atoms with Gasteiger partial charge in [0.25, 0.3) is 0 Å². The standard InChI is InChI=1S/C22H27NO4/c1-16-5-8-19(26-16)14-23(15-20-9-6-17(2)27-20)12-11-18-7-10-21(24-3)22(13-18)25-4/h5-10,13H,11-12,14-15H2,1-4H3/p+1. The minimum absolute atomic E-state index is 0.752. The molecule has 3 rings (SSSR count). The summed E-state index contributed by atoms with van der Waals surface area (Å²) in [6.07, 6.45) is 0.926. The molecule has 0 aliphatic heterocycles. The summed E-state index contributed by atoms with van der Waals surface area (Å²) >= 11 is 0. The van der Waals surface area contributed by atoms with Gasteiger partial charge in [0.15, 0.2) is 23.0 Å². The zero-order chi connectivity index (χ0) is 19.2. The zero-order valence-electron chi connectivity index (χ0n) is 16.5. The first-order valence-electron chi connectivity index (χ1n) is 9.22. The lowest BCUT2D eigenvalue weighted by Crippen LogP contribution is -3.09. The monoisotopic (exact) mass is 370 g/mol. The van der Waals surface area contributed by atoms with Crippen molar-refractivity contribution in [3.8, 4) is 11.5 Å². The van der Waals surface area contributed by atoms with Gasteiger partial charge < -0.3 is 23.2 Å². The molecular formula is C22H28NO4+. The lowest BCUT2D eigenvalue weighted by atomic mass is 10.1. The average Bonchev–Trinajstić information content (AvgIpc) is 3.27. The van der Waals surface area contributed by atoms with Crippen LogP contribution < -0.4 is 14.4 Å². The third-order valence-corrected chi connectivity index (χ3v) is 4.66. The van der Waals surface area contributed by atoms with Crippen molar-refractivity contribution in [2.24, 2.45) is 0 Å². The van der Waals surface area contributed by atoms with Gasteiger partial charge in [0.2, 0.25) is 0 Å². The molecule has 1 aromatic carbocycles. The highest BCUT2D eigenvalue weighted by Crippen LogP contribution is 2.27. The fourth-order valence-electron chi connectivity index (χ4n) is 3.25. The Morgan fingerprint density at radius 1 is 0.778 bits per heavy atom. The molecule has 0 aliphatic rings. The van der Waals surface area contributed by atoms with Crippen molar-refractivity contribution in [1.29, 1.82) is 0 Å². The van der Waals surface area contributed by atoms with Crippen molar-refractivity contribution in [2.75, 3.05) is 20.8 Å². The molecule has 0 radical (unpaired) electrons. The van der Waals surface area contributed by atoms with Crippen LogP contribution in [0.4, 0.5) is 0 Å². The molecule has 0 unspecified atom stereocenters. The summed E-state index contributed by atoms with van der Waals surface area (Å²) in [5, 5.41) is 0. The molecule has 2 heterocycles. The van der Waals surface area contributed by atoms with Crippen molar-refractivity contribution < 1.29 is 23.2 Å². The van der Waals surface area contributed by atoms with Crippen LogP contribution in [0.15, 0.2) is 51.3 Å². The van der Waals surface area contributed by atoms with Crippen molar-refractivity contribution in [2.45, 2.75) is 33.4 Å². The highest BCUT2D eigenvalue weighted by molar-refractivity contribution is 5.42. The molecule has 0 atom stereocenters. The quantitative estimate of drug-likeness (QED) is 0.628. The Bertz CT molecular complexity index is 823. The van der Waals surface area contributed by atoms with Crippen LogP contribution in [0, 0.1) is 13.8 Å². The lowest BCUT2D eigenvalue weighted by Gasteiger charge is -2.18. The first kappa shape index (κ1) is 19.1. The predicted molar refractivity (Wildman–Crippen MR) is 103 cm³/mol. The van der Waals surface area contributed by atoms with Crippen molar-refractivity contribution >= 4 is 0 Å². The molecule has 5 heteroatoms. The van der Waals surface area contributed by atoms with E-state index in [1.807, 2.05) is 38.1 Å². The smallest absolute Gasteiger partial charge is 0.160 e. The largest absolute Gasteiger partial charge is 0.493 e. The molecule has 0 saturated heterocycles. The summed E-state index contributed by atoms with van der Waals surface area (Å²) in [5.41, 5.74) is 1.22. The molecule has 0 spiro atoms. The number of benzene rings is 1. The fraction of sp³-hybridized carbons (Fsp3) is 0.364. The summed E-state index contributed by atoms with van der Waals surface area (Å²) in [6.45, 7) is 6.54. The van der Waals surface area contributed by atoms with Gasteiger partial charge in [-0.15, -0.1) is 0 Å². The molecule has 0 saturated carbocycles. The average molecular weight is 370 g/mol. The second kappa shape index (κ2) is 8.82. The van der Waals surface area contributed by atoms with Gasteiger partial charge in [-0.25, -0.2) is 0 Å². The Balaban J connectivity index is 1.70. The van der Waals surface area contributed by atoms with Crippen LogP contribution in [0.25, 0.3) is 0 Å². The number of aryl methyl sites for hydroxylation is 2. The summed E-state index contributed by atoms with van der Waals surface area (Å²) < 4.78 is 22.3. The number of hydrogen-bond donors (Lipinski definition) is 1. The number of methoxy groups -OCH3 is 2. The van der Waals surface area contributed by atoms with E-state index in [4.69, 9.17) is 18.3 Å². The molecule has 1 N–H and O–H groups in total. The van der Waals surface area contributed by atoms with E-state index in [0.717, 1.165) is 60.6 Å². The SMILES string of the molecule is COc1ccc(CC[NH+](Cc2ccc(C)o2)Cc2ccc(C)o2)cc1OC. The fourth-order valence-corrected chi connectivity index (χ4v) is 3.25. The number of quaternary nitrogens is 1. The molecule has 0 bridgehead atoms. The molecular weight excluding hydrogens is 342 g/mol. The first-order valence-corrected chi connectivity index (χ1v) is 9.22. The molecule has 5 nitrogen and oxygen atoms in total. The van der Waals surface area contributed by atoms with Crippen molar-refractivity contribution in [1.82, 2.24) is 0 Å². The minimum atomic E-state index is 0.752. The number of furan rings is 2. The highest BCUT2D eigenvalue weighted by Gasteiger charge is 2.16. The van der Waals surface area contributed by atoms with Crippen LogP contribution in [0.3, 0.4) is 0 Å². The first-order chi connectivity index (χ1) is 13.1. The second-order valence-electron chi connectivity index (χ2n) is 6.82. The molecule has 144 valence electrons. The highest BCUT2D eigenvalue weighted by atomic mass is 16.5. The van der Waals surface area contributed by atoms with Crippen LogP contribution in [0.5, 0.6) is 11.5 Å². The van der Waals surface area contributed by atoms with Gasteiger partial charge >= 0.3 is 0 Å². The number of ether oxygens (including phenoxy) is 2. The Labute approximate surface area is 160 Å². The molecule has 3 aromatic rings. The van der Waals surface area contributed by atoms with Gasteiger partial charge in [0, 0.05) is 6.42 Å². The Hall–Kier alpha value is -2.66. The number of rotatable bonds is 9. The van der Waals surface area contributed by atoms with Crippen molar-refractivity contribution in [3.05, 3.63) is 71.1 Å². The maximum atomic E-state index is 5.79. The molecule has 27 heavy (non-hydrogen) atoms. The molecule has 0 aliphatic carbocycles. The van der Waals surface area contributed by atoms with Gasteiger partial charge in [-0.1, -0.05) is 6.07 Å². The summed E-state index contributed by atoms with van der Waals surface area (Å²) in [7, 11) is 3.32. The van der Waals surface area contributed by atoms with Gasteiger partial charge in [-0.05, 0) is 55.8 Å². The van der Waals surface area contributed by atoms with E-state index >= 15 is 0 Å². The van der Waals surface area contributed by atoms with Gasteiger partial charge in [0.05, 0.1) is 20.8 Å². The van der Waals surface area contributed by atoms with Crippen LogP contribution in [0.1, 0.15) is 28.6 Å².